The summed E-state index contributed by atoms with van der Waals surface area (Å²) in [4.78, 5) is 20.6. The highest BCUT2D eigenvalue weighted by molar-refractivity contribution is 6.30. The Morgan fingerprint density at radius 1 is 1.27 bits per heavy atom. The van der Waals surface area contributed by atoms with Gasteiger partial charge < -0.3 is 15.1 Å². The third-order valence-electron chi connectivity index (χ3n) is 4.32. The lowest BCUT2D eigenvalue weighted by molar-refractivity contribution is 0.191. The number of rotatable bonds is 4. The van der Waals surface area contributed by atoms with Gasteiger partial charge in [-0.3, -0.25) is 0 Å². The fraction of sp³-hybridized carbons (Fsp3) is 0.625. The Hall–Kier alpha value is -1.49. The Balaban J connectivity index is 1.79. The number of aromatic nitrogens is 1. The predicted octanol–water partition coefficient (Wildman–Crippen LogP) is 2.86. The Bertz CT molecular complexity index is 483. The zero-order valence-corrected chi connectivity index (χ0v) is 14.3. The molecule has 1 saturated heterocycles. The lowest BCUT2D eigenvalue weighted by atomic mass is 9.98. The molecule has 0 radical (unpaired) electrons. The van der Waals surface area contributed by atoms with E-state index in [-0.39, 0.29) is 6.03 Å². The average molecular weight is 325 g/mol. The first kappa shape index (κ1) is 16.9. The molecule has 122 valence electrons. The monoisotopic (exact) mass is 324 g/mol. The maximum absolute atomic E-state index is 12.2. The van der Waals surface area contributed by atoms with E-state index >= 15 is 0 Å². The van der Waals surface area contributed by atoms with E-state index in [0.717, 1.165) is 25.5 Å². The molecule has 0 spiro atoms. The Kier molecular flexibility index (Phi) is 5.89. The number of nitrogens with zero attached hydrogens (tertiary/aromatic N) is 3. The minimum atomic E-state index is 0.0382. The van der Waals surface area contributed by atoms with Crippen LogP contribution in [0.15, 0.2) is 18.3 Å². The van der Waals surface area contributed by atoms with Gasteiger partial charge in [0.15, 0.2) is 0 Å². The number of hydrogen-bond donors (Lipinski definition) is 1. The number of hydrogen-bond acceptors (Lipinski definition) is 3. The molecule has 2 amide bonds. The number of carbonyl (C=O) groups excluding carboxylic acids is 1. The van der Waals surface area contributed by atoms with Gasteiger partial charge in [0.05, 0.1) is 5.02 Å². The number of piperazine rings is 1. The molecule has 1 aromatic rings. The number of carbonyl (C=O) groups is 1. The van der Waals surface area contributed by atoms with Gasteiger partial charge >= 0.3 is 6.03 Å². The lowest BCUT2D eigenvalue weighted by Crippen LogP contribution is -2.52. The molecule has 22 heavy (non-hydrogen) atoms. The van der Waals surface area contributed by atoms with E-state index in [4.69, 9.17) is 11.6 Å². The number of urea groups is 1. The molecule has 0 aromatic carbocycles. The first-order chi connectivity index (χ1) is 10.5. The van der Waals surface area contributed by atoms with Crippen LogP contribution in [0.4, 0.5) is 10.6 Å². The van der Waals surface area contributed by atoms with Crippen LogP contribution in [-0.4, -0.2) is 48.6 Å². The third kappa shape index (κ3) is 4.50. The number of pyridine rings is 1. The molecular weight excluding hydrogens is 300 g/mol. The van der Waals surface area contributed by atoms with Crippen molar-refractivity contribution in [3.05, 3.63) is 23.4 Å². The van der Waals surface area contributed by atoms with Crippen LogP contribution in [0.3, 0.4) is 0 Å². The number of nitrogens with one attached hydrogen (secondary N) is 1. The molecule has 1 aliphatic rings. The van der Waals surface area contributed by atoms with Gasteiger partial charge in [-0.25, -0.2) is 9.78 Å². The molecule has 1 aliphatic heterocycles. The molecule has 1 unspecified atom stereocenters. The zero-order valence-electron chi connectivity index (χ0n) is 13.6. The molecule has 6 heteroatoms. The maximum Gasteiger partial charge on any atom is 0.317 e. The van der Waals surface area contributed by atoms with Crippen LogP contribution in [-0.2, 0) is 0 Å². The SMILES string of the molecule is CC(C)C(C)CNC(=O)N1CCN(c2ccc(Cl)cn2)CC1. The molecular formula is C16H25ClN4O. The fourth-order valence-electron chi connectivity index (χ4n) is 2.29. The summed E-state index contributed by atoms with van der Waals surface area (Å²) in [5, 5.41) is 3.67. The molecule has 1 aromatic heterocycles. The van der Waals surface area contributed by atoms with Gasteiger partial charge in [-0.1, -0.05) is 32.4 Å². The molecule has 5 nitrogen and oxygen atoms in total. The second-order valence-electron chi connectivity index (χ2n) is 6.22. The van der Waals surface area contributed by atoms with Crippen molar-refractivity contribution in [2.75, 3.05) is 37.6 Å². The molecule has 2 heterocycles. The van der Waals surface area contributed by atoms with E-state index in [1.165, 1.54) is 0 Å². The van der Waals surface area contributed by atoms with E-state index in [2.05, 4.69) is 36.0 Å². The number of halogens is 1. The minimum Gasteiger partial charge on any atom is -0.353 e. The first-order valence-corrected chi connectivity index (χ1v) is 8.24. The van der Waals surface area contributed by atoms with Crippen molar-refractivity contribution in [3.63, 3.8) is 0 Å². The van der Waals surface area contributed by atoms with E-state index in [9.17, 15) is 4.79 Å². The number of anilines is 1. The number of amides is 2. The molecule has 2 rings (SSSR count). The molecule has 0 saturated carbocycles. The van der Waals surface area contributed by atoms with Crippen LogP contribution in [0.25, 0.3) is 0 Å². The summed E-state index contributed by atoms with van der Waals surface area (Å²) in [7, 11) is 0. The average Bonchev–Trinajstić information content (AvgIpc) is 2.53. The van der Waals surface area contributed by atoms with Crippen molar-refractivity contribution in [2.24, 2.45) is 11.8 Å². The van der Waals surface area contributed by atoms with Crippen LogP contribution in [0.5, 0.6) is 0 Å². The second-order valence-corrected chi connectivity index (χ2v) is 6.65. The Morgan fingerprint density at radius 2 is 1.95 bits per heavy atom. The summed E-state index contributed by atoms with van der Waals surface area (Å²) in [6, 6.07) is 3.80. The van der Waals surface area contributed by atoms with E-state index < -0.39 is 0 Å². The van der Waals surface area contributed by atoms with Crippen LogP contribution >= 0.6 is 11.6 Å². The lowest BCUT2D eigenvalue weighted by Gasteiger charge is -2.35. The normalized spacial score (nSPS) is 16.8. The molecule has 0 bridgehead atoms. The Morgan fingerprint density at radius 3 is 2.50 bits per heavy atom. The van der Waals surface area contributed by atoms with Crippen molar-refractivity contribution in [1.82, 2.24) is 15.2 Å². The summed E-state index contributed by atoms with van der Waals surface area (Å²) < 4.78 is 0. The summed E-state index contributed by atoms with van der Waals surface area (Å²) in [6.45, 7) is 10.3. The van der Waals surface area contributed by atoms with Gasteiger partial charge in [-0.15, -0.1) is 0 Å². The third-order valence-corrected chi connectivity index (χ3v) is 4.54. The second kappa shape index (κ2) is 7.68. The highest BCUT2D eigenvalue weighted by Crippen LogP contribution is 2.16. The van der Waals surface area contributed by atoms with E-state index in [0.29, 0.717) is 29.9 Å². The summed E-state index contributed by atoms with van der Waals surface area (Å²) in [5.74, 6) is 1.98. The first-order valence-electron chi connectivity index (χ1n) is 7.86. The summed E-state index contributed by atoms with van der Waals surface area (Å²) in [5.41, 5.74) is 0. The molecule has 1 N–H and O–H groups in total. The van der Waals surface area contributed by atoms with Crippen LogP contribution in [0.2, 0.25) is 5.02 Å². The fourth-order valence-corrected chi connectivity index (χ4v) is 2.40. The topological polar surface area (TPSA) is 48.5 Å². The van der Waals surface area contributed by atoms with Gasteiger partial charge in [0, 0.05) is 38.9 Å². The van der Waals surface area contributed by atoms with Crippen LogP contribution in [0.1, 0.15) is 20.8 Å². The highest BCUT2D eigenvalue weighted by Gasteiger charge is 2.22. The van der Waals surface area contributed by atoms with Crippen molar-refractivity contribution in [3.8, 4) is 0 Å². The predicted molar refractivity (Wildman–Crippen MR) is 90.4 cm³/mol. The Labute approximate surface area is 137 Å². The van der Waals surface area contributed by atoms with Gasteiger partial charge in [0.25, 0.3) is 0 Å². The standard InChI is InChI=1S/C16H25ClN4O/c1-12(2)13(3)10-19-16(22)21-8-6-20(7-9-21)15-5-4-14(17)11-18-15/h4-5,11-13H,6-10H2,1-3H3,(H,19,22). The zero-order chi connectivity index (χ0) is 16.1. The minimum absolute atomic E-state index is 0.0382. The maximum atomic E-state index is 12.2. The van der Waals surface area contributed by atoms with Crippen molar-refractivity contribution >= 4 is 23.4 Å². The highest BCUT2D eigenvalue weighted by atomic mass is 35.5. The van der Waals surface area contributed by atoms with Crippen molar-refractivity contribution in [2.45, 2.75) is 20.8 Å². The van der Waals surface area contributed by atoms with Crippen LogP contribution in [0, 0.1) is 11.8 Å². The van der Waals surface area contributed by atoms with Crippen molar-refractivity contribution in [1.29, 1.82) is 0 Å². The quantitative estimate of drug-likeness (QED) is 0.926. The van der Waals surface area contributed by atoms with Gasteiger partial charge in [-0.05, 0) is 24.0 Å². The largest absolute Gasteiger partial charge is 0.353 e. The molecule has 1 fully saturated rings. The van der Waals surface area contributed by atoms with E-state index in [1.54, 1.807) is 6.20 Å². The summed E-state index contributed by atoms with van der Waals surface area (Å²) >= 11 is 5.86. The van der Waals surface area contributed by atoms with Crippen molar-refractivity contribution < 1.29 is 4.79 Å². The van der Waals surface area contributed by atoms with Gasteiger partial charge in [-0.2, -0.15) is 0 Å². The molecule has 1 atom stereocenters. The van der Waals surface area contributed by atoms with Gasteiger partial charge in [0.1, 0.15) is 5.82 Å². The van der Waals surface area contributed by atoms with Crippen LogP contribution < -0.4 is 10.2 Å². The van der Waals surface area contributed by atoms with E-state index in [1.807, 2.05) is 17.0 Å². The van der Waals surface area contributed by atoms with Gasteiger partial charge in [0.2, 0.25) is 0 Å². The molecule has 0 aliphatic carbocycles. The smallest absolute Gasteiger partial charge is 0.317 e. The summed E-state index contributed by atoms with van der Waals surface area (Å²) in [6.07, 6.45) is 1.66.